The van der Waals surface area contributed by atoms with E-state index in [1.807, 2.05) is 13.0 Å². The minimum absolute atomic E-state index is 0.123. The van der Waals surface area contributed by atoms with Crippen molar-refractivity contribution in [1.29, 1.82) is 0 Å². The smallest absolute Gasteiger partial charge is 0.140 e. The standard InChI is InChI=1S/C14H22ClNO2/c1-4-12(16)8-11-6-10(9-18-5-2)7-13(15)14(11)17-3/h6-7,12H,4-5,8-9,16H2,1-3H3. The number of hydrogen-bond acceptors (Lipinski definition) is 3. The first-order valence-corrected chi connectivity index (χ1v) is 6.68. The predicted molar refractivity (Wildman–Crippen MR) is 75.3 cm³/mol. The van der Waals surface area contributed by atoms with Crippen molar-refractivity contribution in [1.82, 2.24) is 0 Å². The van der Waals surface area contributed by atoms with Crippen molar-refractivity contribution in [2.45, 2.75) is 39.3 Å². The Kier molecular flexibility index (Phi) is 6.47. The van der Waals surface area contributed by atoms with E-state index in [9.17, 15) is 0 Å². The highest BCUT2D eigenvalue weighted by Crippen LogP contribution is 2.31. The fraction of sp³-hybridized carbons (Fsp3) is 0.571. The molecule has 18 heavy (non-hydrogen) atoms. The van der Waals surface area contributed by atoms with E-state index in [0.717, 1.165) is 29.7 Å². The first-order valence-electron chi connectivity index (χ1n) is 6.30. The number of methoxy groups -OCH3 is 1. The summed E-state index contributed by atoms with van der Waals surface area (Å²) in [6, 6.07) is 4.07. The van der Waals surface area contributed by atoms with Crippen molar-refractivity contribution >= 4 is 11.6 Å². The highest BCUT2D eigenvalue weighted by Gasteiger charge is 2.13. The Morgan fingerprint density at radius 2 is 2.06 bits per heavy atom. The van der Waals surface area contributed by atoms with Crippen molar-refractivity contribution in [3.8, 4) is 5.75 Å². The molecule has 3 nitrogen and oxygen atoms in total. The largest absolute Gasteiger partial charge is 0.495 e. The molecule has 1 atom stereocenters. The van der Waals surface area contributed by atoms with Crippen LogP contribution in [0.25, 0.3) is 0 Å². The van der Waals surface area contributed by atoms with E-state index in [-0.39, 0.29) is 6.04 Å². The molecule has 0 aliphatic carbocycles. The fourth-order valence-electron chi connectivity index (χ4n) is 1.82. The molecule has 0 heterocycles. The third-order valence-electron chi connectivity index (χ3n) is 2.86. The van der Waals surface area contributed by atoms with E-state index < -0.39 is 0 Å². The third-order valence-corrected chi connectivity index (χ3v) is 3.14. The van der Waals surface area contributed by atoms with Crippen LogP contribution in [0, 0.1) is 0 Å². The molecular formula is C14H22ClNO2. The van der Waals surface area contributed by atoms with Gasteiger partial charge in [0.1, 0.15) is 5.75 Å². The van der Waals surface area contributed by atoms with Crippen LogP contribution in [0.3, 0.4) is 0 Å². The molecule has 0 spiro atoms. The summed E-state index contributed by atoms with van der Waals surface area (Å²) in [5, 5.41) is 0.619. The van der Waals surface area contributed by atoms with Crippen molar-refractivity contribution in [3.05, 3.63) is 28.3 Å². The minimum atomic E-state index is 0.123. The predicted octanol–water partition coefficient (Wildman–Crippen LogP) is 3.16. The normalized spacial score (nSPS) is 12.5. The second kappa shape index (κ2) is 7.62. The number of ether oxygens (including phenoxy) is 2. The Balaban J connectivity index is 2.99. The first-order chi connectivity index (χ1) is 8.62. The summed E-state index contributed by atoms with van der Waals surface area (Å²) in [6.45, 7) is 5.30. The number of hydrogen-bond donors (Lipinski definition) is 1. The Morgan fingerprint density at radius 3 is 2.61 bits per heavy atom. The summed E-state index contributed by atoms with van der Waals surface area (Å²) >= 11 is 6.22. The van der Waals surface area contributed by atoms with E-state index >= 15 is 0 Å². The van der Waals surface area contributed by atoms with Crippen LogP contribution in [0.15, 0.2) is 12.1 Å². The Labute approximate surface area is 114 Å². The molecule has 4 heteroatoms. The summed E-state index contributed by atoms with van der Waals surface area (Å²) in [4.78, 5) is 0. The van der Waals surface area contributed by atoms with Gasteiger partial charge in [-0.2, -0.15) is 0 Å². The SMILES string of the molecule is CCOCc1cc(Cl)c(OC)c(CC(N)CC)c1. The molecule has 0 bridgehead atoms. The fourth-order valence-corrected chi connectivity index (χ4v) is 2.16. The van der Waals surface area contributed by atoms with Crippen LogP contribution >= 0.6 is 11.6 Å². The second-order valence-corrected chi connectivity index (χ2v) is 4.69. The lowest BCUT2D eigenvalue weighted by atomic mass is 10.0. The van der Waals surface area contributed by atoms with Gasteiger partial charge in [0.05, 0.1) is 18.7 Å². The van der Waals surface area contributed by atoms with Crippen molar-refractivity contribution in [2.75, 3.05) is 13.7 Å². The lowest BCUT2D eigenvalue weighted by Crippen LogP contribution is -2.21. The Bertz CT molecular complexity index is 382. The highest BCUT2D eigenvalue weighted by atomic mass is 35.5. The summed E-state index contributed by atoms with van der Waals surface area (Å²) in [6.07, 6.45) is 1.69. The molecule has 0 aliphatic rings. The van der Waals surface area contributed by atoms with Crippen LogP contribution in [0.2, 0.25) is 5.02 Å². The maximum atomic E-state index is 6.22. The van der Waals surface area contributed by atoms with Gasteiger partial charge in [-0.05, 0) is 43.0 Å². The van der Waals surface area contributed by atoms with Gasteiger partial charge in [0.25, 0.3) is 0 Å². The molecular weight excluding hydrogens is 250 g/mol. The molecule has 0 saturated heterocycles. The van der Waals surface area contributed by atoms with Gasteiger partial charge in [0, 0.05) is 12.6 Å². The monoisotopic (exact) mass is 271 g/mol. The topological polar surface area (TPSA) is 44.5 Å². The van der Waals surface area contributed by atoms with Gasteiger partial charge in [-0.15, -0.1) is 0 Å². The second-order valence-electron chi connectivity index (χ2n) is 4.28. The van der Waals surface area contributed by atoms with Crippen molar-refractivity contribution in [2.24, 2.45) is 5.73 Å². The molecule has 0 amide bonds. The maximum absolute atomic E-state index is 6.22. The van der Waals surface area contributed by atoms with Crippen LogP contribution in [-0.4, -0.2) is 19.8 Å². The Morgan fingerprint density at radius 1 is 1.33 bits per heavy atom. The van der Waals surface area contributed by atoms with Crippen LogP contribution in [-0.2, 0) is 17.8 Å². The van der Waals surface area contributed by atoms with E-state index in [4.69, 9.17) is 26.8 Å². The molecule has 0 aliphatic heterocycles. The molecule has 0 fully saturated rings. The van der Waals surface area contributed by atoms with Crippen molar-refractivity contribution in [3.63, 3.8) is 0 Å². The van der Waals surface area contributed by atoms with E-state index in [2.05, 4.69) is 13.0 Å². The lowest BCUT2D eigenvalue weighted by Gasteiger charge is -2.15. The van der Waals surface area contributed by atoms with Crippen LogP contribution in [0.5, 0.6) is 5.75 Å². The summed E-state index contributed by atoms with van der Waals surface area (Å²) in [7, 11) is 1.63. The molecule has 0 aromatic heterocycles. The van der Waals surface area contributed by atoms with Gasteiger partial charge >= 0.3 is 0 Å². The van der Waals surface area contributed by atoms with E-state index in [1.54, 1.807) is 7.11 Å². The van der Waals surface area contributed by atoms with Gasteiger partial charge < -0.3 is 15.2 Å². The van der Waals surface area contributed by atoms with Gasteiger partial charge in [-0.25, -0.2) is 0 Å². The van der Waals surface area contributed by atoms with Gasteiger partial charge in [-0.1, -0.05) is 18.5 Å². The van der Waals surface area contributed by atoms with Crippen LogP contribution < -0.4 is 10.5 Å². The molecule has 102 valence electrons. The zero-order chi connectivity index (χ0) is 13.5. The summed E-state index contributed by atoms with van der Waals surface area (Å²) in [5.41, 5.74) is 8.11. The lowest BCUT2D eigenvalue weighted by molar-refractivity contribution is 0.134. The zero-order valence-corrected chi connectivity index (χ0v) is 12.1. The minimum Gasteiger partial charge on any atom is -0.495 e. The molecule has 1 aromatic rings. The van der Waals surface area contributed by atoms with Gasteiger partial charge in [0.15, 0.2) is 0 Å². The van der Waals surface area contributed by atoms with Gasteiger partial charge in [0.2, 0.25) is 0 Å². The average Bonchev–Trinajstić information content (AvgIpc) is 2.36. The highest BCUT2D eigenvalue weighted by molar-refractivity contribution is 6.32. The van der Waals surface area contributed by atoms with E-state index in [0.29, 0.717) is 18.2 Å². The molecule has 1 unspecified atom stereocenters. The van der Waals surface area contributed by atoms with Crippen LogP contribution in [0.1, 0.15) is 31.4 Å². The average molecular weight is 272 g/mol. The summed E-state index contributed by atoms with van der Waals surface area (Å²) < 4.78 is 10.8. The number of halogens is 1. The van der Waals surface area contributed by atoms with Crippen molar-refractivity contribution < 1.29 is 9.47 Å². The molecule has 1 aromatic carbocycles. The van der Waals surface area contributed by atoms with Crippen LogP contribution in [0.4, 0.5) is 0 Å². The molecule has 0 radical (unpaired) electrons. The number of nitrogens with two attached hydrogens (primary N) is 1. The van der Waals surface area contributed by atoms with Gasteiger partial charge in [-0.3, -0.25) is 0 Å². The third kappa shape index (κ3) is 4.16. The first kappa shape index (κ1) is 15.3. The maximum Gasteiger partial charge on any atom is 0.140 e. The number of benzene rings is 1. The molecule has 2 N–H and O–H groups in total. The zero-order valence-electron chi connectivity index (χ0n) is 11.3. The molecule has 0 saturated carbocycles. The molecule has 1 rings (SSSR count). The Hall–Kier alpha value is -0.770. The number of rotatable bonds is 7. The van der Waals surface area contributed by atoms with E-state index in [1.165, 1.54) is 0 Å². The quantitative estimate of drug-likeness (QED) is 0.828. The summed E-state index contributed by atoms with van der Waals surface area (Å²) in [5.74, 6) is 0.723.